The number of aromatic nitrogens is 3. The first-order valence-electron chi connectivity index (χ1n) is 10.3. The van der Waals surface area contributed by atoms with E-state index in [9.17, 15) is 0 Å². The Morgan fingerprint density at radius 1 is 1.29 bits per heavy atom. The van der Waals surface area contributed by atoms with E-state index in [0.29, 0.717) is 12.5 Å². The SMILES string of the molecule is CCCCNC(=NCc1nnc(C)n1C)NCC1CCCOC1C(C)(C)C.I. The summed E-state index contributed by atoms with van der Waals surface area (Å²) in [4.78, 5) is 4.74. The van der Waals surface area contributed by atoms with Gasteiger partial charge in [-0.15, -0.1) is 34.2 Å². The Hall–Kier alpha value is -0.900. The van der Waals surface area contributed by atoms with Crippen molar-refractivity contribution in [1.82, 2.24) is 25.4 Å². The molecule has 1 aromatic heterocycles. The summed E-state index contributed by atoms with van der Waals surface area (Å²) in [7, 11) is 1.98. The topological polar surface area (TPSA) is 76.4 Å². The predicted molar refractivity (Wildman–Crippen MR) is 125 cm³/mol. The van der Waals surface area contributed by atoms with Crippen LogP contribution in [-0.2, 0) is 18.3 Å². The van der Waals surface area contributed by atoms with E-state index in [-0.39, 0.29) is 35.5 Å². The Balaban J connectivity index is 0.00000392. The summed E-state index contributed by atoms with van der Waals surface area (Å²) in [5, 5.41) is 15.3. The van der Waals surface area contributed by atoms with Gasteiger partial charge >= 0.3 is 0 Å². The predicted octanol–water partition coefficient (Wildman–Crippen LogP) is 3.42. The molecular weight excluding hydrogens is 467 g/mol. The van der Waals surface area contributed by atoms with Gasteiger partial charge in [-0.1, -0.05) is 34.1 Å². The summed E-state index contributed by atoms with van der Waals surface area (Å²) in [6.45, 7) is 14.1. The third-order valence-electron chi connectivity index (χ3n) is 5.21. The minimum atomic E-state index is 0. The summed E-state index contributed by atoms with van der Waals surface area (Å²) >= 11 is 0. The maximum Gasteiger partial charge on any atom is 0.191 e. The molecule has 0 spiro atoms. The number of ether oxygens (including phenoxy) is 1. The van der Waals surface area contributed by atoms with Gasteiger partial charge in [0.25, 0.3) is 0 Å². The lowest BCUT2D eigenvalue weighted by Crippen LogP contribution is -2.47. The normalized spacial score (nSPS) is 20.6. The van der Waals surface area contributed by atoms with E-state index >= 15 is 0 Å². The maximum atomic E-state index is 6.11. The Labute approximate surface area is 187 Å². The number of hydrogen-bond acceptors (Lipinski definition) is 4. The summed E-state index contributed by atoms with van der Waals surface area (Å²) in [6.07, 6.45) is 4.88. The number of halogens is 1. The van der Waals surface area contributed by atoms with Crippen LogP contribution in [0.5, 0.6) is 0 Å². The van der Waals surface area contributed by atoms with Gasteiger partial charge in [-0.3, -0.25) is 0 Å². The van der Waals surface area contributed by atoms with Crippen molar-refractivity contribution in [3.05, 3.63) is 11.6 Å². The Morgan fingerprint density at radius 2 is 2.04 bits per heavy atom. The summed E-state index contributed by atoms with van der Waals surface area (Å²) in [5.74, 6) is 3.12. The molecule has 2 rings (SSSR count). The number of nitrogens with one attached hydrogen (secondary N) is 2. The zero-order valence-electron chi connectivity index (χ0n) is 18.4. The quantitative estimate of drug-likeness (QED) is 0.257. The first-order valence-corrected chi connectivity index (χ1v) is 10.3. The second kappa shape index (κ2) is 11.9. The molecule has 28 heavy (non-hydrogen) atoms. The van der Waals surface area contributed by atoms with E-state index in [2.05, 4.69) is 48.5 Å². The fraction of sp³-hybridized carbons (Fsp3) is 0.850. The smallest absolute Gasteiger partial charge is 0.191 e. The lowest BCUT2D eigenvalue weighted by molar-refractivity contribution is -0.0835. The van der Waals surface area contributed by atoms with E-state index in [1.807, 2.05) is 18.5 Å². The third-order valence-corrected chi connectivity index (χ3v) is 5.21. The zero-order valence-corrected chi connectivity index (χ0v) is 20.7. The van der Waals surface area contributed by atoms with Crippen molar-refractivity contribution in [2.75, 3.05) is 19.7 Å². The average Bonchev–Trinajstić information content (AvgIpc) is 2.95. The number of aliphatic imine (C=N–C) groups is 1. The molecule has 1 aromatic rings. The molecule has 0 radical (unpaired) electrons. The molecular formula is C20H39IN6O. The van der Waals surface area contributed by atoms with E-state index < -0.39 is 0 Å². The van der Waals surface area contributed by atoms with Crippen molar-refractivity contribution in [2.24, 2.45) is 23.4 Å². The van der Waals surface area contributed by atoms with E-state index in [1.54, 1.807) is 0 Å². The molecule has 0 aliphatic carbocycles. The van der Waals surface area contributed by atoms with Crippen LogP contribution in [-0.4, -0.2) is 46.5 Å². The summed E-state index contributed by atoms with van der Waals surface area (Å²) < 4.78 is 8.10. The van der Waals surface area contributed by atoms with Crippen LogP contribution < -0.4 is 10.6 Å². The van der Waals surface area contributed by atoms with Crippen LogP contribution in [0.25, 0.3) is 0 Å². The van der Waals surface area contributed by atoms with Gasteiger partial charge in [0, 0.05) is 32.7 Å². The average molecular weight is 506 g/mol. The van der Waals surface area contributed by atoms with E-state index in [4.69, 9.17) is 9.73 Å². The maximum absolute atomic E-state index is 6.11. The largest absolute Gasteiger partial charge is 0.377 e. The first kappa shape index (κ1) is 25.1. The van der Waals surface area contributed by atoms with Gasteiger partial charge in [-0.2, -0.15) is 0 Å². The van der Waals surface area contributed by atoms with Gasteiger partial charge < -0.3 is 19.9 Å². The molecule has 1 aliphatic heterocycles. The molecule has 0 bridgehead atoms. The number of guanidine groups is 1. The fourth-order valence-electron chi connectivity index (χ4n) is 3.53. The standard InChI is InChI=1S/C20H38N6O.HI/c1-7-8-11-21-19(23-14-17-25-24-15(2)26(17)6)22-13-16-10-9-12-27-18(16)20(3,4)5;/h16,18H,7-14H2,1-6H3,(H2,21,22,23);1H. The van der Waals surface area contributed by atoms with Crippen LogP contribution in [0.2, 0.25) is 0 Å². The second-order valence-electron chi connectivity index (χ2n) is 8.61. The van der Waals surface area contributed by atoms with Gasteiger partial charge in [0.15, 0.2) is 11.8 Å². The van der Waals surface area contributed by atoms with Crippen molar-refractivity contribution >= 4 is 29.9 Å². The molecule has 162 valence electrons. The van der Waals surface area contributed by atoms with Crippen molar-refractivity contribution in [1.29, 1.82) is 0 Å². The molecule has 2 heterocycles. The molecule has 0 saturated carbocycles. The highest BCUT2D eigenvalue weighted by molar-refractivity contribution is 14.0. The van der Waals surface area contributed by atoms with Crippen molar-refractivity contribution in [3.8, 4) is 0 Å². The third kappa shape index (κ3) is 7.50. The minimum absolute atomic E-state index is 0. The molecule has 2 unspecified atom stereocenters. The van der Waals surface area contributed by atoms with Crippen molar-refractivity contribution in [2.45, 2.75) is 73.0 Å². The van der Waals surface area contributed by atoms with Gasteiger partial charge in [0.05, 0.1) is 6.10 Å². The fourth-order valence-corrected chi connectivity index (χ4v) is 3.53. The molecule has 1 saturated heterocycles. The number of nitrogens with zero attached hydrogens (tertiary/aromatic N) is 4. The molecule has 2 atom stereocenters. The Bertz CT molecular complexity index is 610. The lowest BCUT2D eigenvalue weighted by Gasteiger charge is -2.40. The van der Waals surface area contributed by atoms with Crippen molar-refractivity contribution in [3.63, 3.8) is 0 Å². The molecule has 2 N–H and O–H groups in total. The van der Waals surface area contributed by atoms with Gasteiger partial charge in [0.2, 0.25) is 0 Å². The molecule has 0 amide bonds. The van der Waals surface area contributed by atoms with E-state index in [1.165, 1.54) is 6.42 Å². The van der Waals surface area contributed by atoms with Crippen molar-refractivity contribution < 1.29 is 4.74 Å². The highest BCUT2D eigenvalue weighted by atomic mass is 127. The monoisotopic (exact) mass is 506 g/mol. The van der Waals surface area contributed by atoms with E-state index in [0.717, 1.165) is 56.6 Å². The number of hydrogen-bond donors (Lipinski definition) is 2. The Morgan fingerprint density at radius 3 is 2.64 bits per heavy atom. The van der Waals surface area contributed by atoms with Crippen LogP contribution in [0.4, 0.5) is 0 Å². The highest BCUT2D eigenvalue weighted by Gasteiger charge is 2.35. The van der Waals surface area contributed by atoms with Gasteiger partial charge in [0.1, 0.15) is 12.4 Å². The zero-order chi connectivity index (χ0) is 19.9. The van der Waals surface area contributed by atoms with Crippen LogP contribution in [0.15, 0.2) is 4.99 Å². The molecule has 7 nitrogen and oxygen atoms in total. The molecule has 1 aliphatic rings. The van der Waals surface area contributed by atoms with Gasteiger partial charge in [-0.05, 0) is 31.6 Å². The minimum Gasteiger partial charge on any atom is -0.377 e. The van der Waals surface area contributed by atoms with Gasteiger partial charge in [-0.25, -0.2) is 4.99 Å². The van der Waals surface area contributed by atoms with Crippen LogP contribution in [0.3, 0.4) is 0 Å². The summed E-state index contributed by atoms with van der Waals surface area (Å²) in [5.41, 5.74) is 0.149. The number of unbranched alkanes of at least 4 members (excludes halogenated alkanes) is 1. The second-order valence-corrected chi connectivity index (χ2v) is 8.61. The molecule has 1 fully saturated rings. The first-order chi connectivity index (χ1) is 12.8. The summed E-state index contributed by atoms with van der Waals surface area (Å²) in [6, 6.07) is 0. The molecule has 8 heteroatoms. The highest BCUT2D eigenvalue weighted by Crippen LogP contribution is 2.33. The number of rotatable bonds is 7. The lowest BCUT2D eigenvalue weighted by atomic mass is 9.78. The van der Waals surface area contributed by atoms with Crippen LogP contribution in [0.1, 0.15) is 65.0 Å². The van der Waals surface area contributed by atoms with Crippen LogP contribution >= 0.6 is 24.0 Å². The Kier molecular flexibility index (Phi) is 10.7. The number of aryl methyl sites for hydroxylation is 1. The molecule has 0 aromatic carbocycles. The van der Waals surface area contributed by atoms with Crippen LogP contribution in [0, 0.1) is 18.3 Å².